The number of carbonyl (C=O) groups is 1. The van der Waals surface area contributed by atoms with Crippen LogP contribution in [0.3, 0.4) is 0 Å². The summed E-state index contributed by atoms with van der Waals surface area (Å²) in [5.74, 6) is -1.68. The van der Waals surface area contributed by atoms with E-state index in [0.29, 0.717) is 42.3 Å². The molecule has 1 aliphatic rings. The molecule has 212 valence electrons. The van der Waals surface area contributed by atoms with E-state index in [1.807, 2.05) is 6.07 Å². The van der Waals surface area contributed by atoms with Crippen LogP contribution in [0.1, 0.15) is 16.1 Å². The zero-order valence-corrected chi connectivity index (χ0v) is 22.5. The van der Waals surface area contributed by atoms with Gasteiger partial charge in [-0.3, -0.25) is 10.1 Å². The van der Waals surface area contributed by atoms with Crippen LogP contribution in [0.5, 0.6) is 0 Å². The molecule has 1 aromatic heterocycles. The molecule has 0 amide bonds. The summed E-state index contributed by atoms with van der Waals surface area (Å²) in [5, 5.41) is 21.4. The Balaban J connectivity index is 1.52. The molecule has 1 saturated heterocycles. The summed E-state index contributed by atoms with van der Waals surface area (Å²) in [6.45, 7) is 2.39. The third-order valence-electron chi connectivity index (χ3n) is 7.20. The second-order valence-corrected chi connectivity index (χ2v) is 10.1. The molecule has 3 aromatic carbocycles. The van der Waals surface area contributed by atoms with E-state index in [2.05, 4.69) is 9.80 Å². The molecule has 8 nitrogen and oxygen atoms in total. The van der Waals surface area contributed by atoms with Crippen LogP contribution >= 0.6 is 11.6 Å². The minimum Gasteiger partial charge on any atom is -0.478 e. The lowest BCUT2D eigenvalue weighted by atomic mass is 9.96. The zero-order valence-electron chi connectivity index (χ0n) is 21.7. The zero-order chi connectivity index (χ0) is 29.5. The summed E-state index contributed by atoms with van der Waals surface area (Å²) in [5.41, 5.74) is 0.372. The number of rotatable bonds is 6. The minimum atomic E-state index is -4.91. The van der Waals surface area contributed by atoms with Crippen molar-refractivity contribution in [3.05, 3.63) is 99.2 Å². The Hall–Kier alpha value is -4.51. The van der Waals surface area contributed by atoms with Gasteiger partial charge in [-0.25, -0.2) is 4.79 Å². The molecule has 41 heavy (non-hydrogen) atoms. The minimum absolute atomic E-state index is 0.0116. The van der Waals surface area contributed by atoms with Crippen molar-refractivity contribution >= 4 is 34.6 Å². The number of nitro groups is 1. The molecule has 12 heteroatoms. The van der Waals surface area contributed by atoms with E-state index < -0.39 is 28.3 Å². The van der Waals surface area contributed by atoms with Gasteiger partial charge in [0.05, 0.1) is 16.2 Å². The Morgan fingerprint density at radius 2 is 1.49 bits per heavy atom. The predicted molar refractivity (Wildman–Crippen MR) is 151 cm³/mol. The molecule has 0 spiro atoms. The fraction of sp³-hybridized carbons (Fsp3) is 0.207. The van der Waals surface area contributed by atoms with Gasteiger partial charge < -0.3 is 19.5 Å². The molecule has 0 unspecified atom stereocenters. The quantitative estimate of drug-likeness (QED) is 0.194. The number of aromatic nitrogens is 1. The number of benzene rings is 3. The van der Waals surface area contributed by atoms with Crippen molar-refractivity contribution in [3.63, 3.8) is 0 Å². The van der Waals surface area contributed by atoms with Crippen molar-refractivity contribution in [2.75, 3.05) is 36.0 Å². The van der Waals surface area contributed by atoms with Crippen LogP contribution < -0.4 is 9.80 Å². The van der Waals surface area contributed by atoms with E-state index in [1.54, 1.807) is 54.6 Å². The molecular formula is C29H24ClF3N4O4. The molecule has 0 atom stereocenters. The molecule has 0 saturated carbocycles. The highest BCUT2D eigenvalue weighted by Gasteiger charge is 2.43. The van der Waals surface area contributed by atoms with Crippen molar-refractivity contribution in [3.8, 4) is 22.4 Å². The van der Waals surface area contributed by atoms with E-state index in [0.717, 1.165) is 15.9 Å². The Morgan fingerprint density at radius 1 is 0.902 bits per heavy atom. The molecule has 1 fully saturated rings. The summed E-state index contributed by atoms with van der Waals surface area (Å²) in [6.07, 6.45) is -4.91. The van der Waals surface area contributed by atoms with Gasteiger partial charge in [0.25, 0.3) is 5.69 Å². The summed E-state index contributed by atoms with van der Waals surface area (Å²) < 4.78 is 43.5. The summed E-state index contributed by atoms with van der Waals surface area (Å²) in [6, 6.07) is 19.4. The van der Waals surface area contributed by atoms with Crippen molar-refractivity contribution in [2.24, 2.45) is 7.05 Å². The number of nitro benzene ring substituents is 1. The van der Waals surface area contributed by atoms with Crippen LogP contribution in [0.25, 0.3) is 22.4 Å². The van der Waals surface area contributed by atoms with Gasteiger partial charge in [-0.05, 0) is 47.5 Å². The predicted octanol–water partition coefficient (Wildman–Crippen LogP) is 6.96. The van der Waals surface area contributed by atoms with Gasteiger partial charge in [0.2, 0.25) is 0 Å². The largest absolute Gasteiger partial charge is 0.478 e. The fourth-order valence-electron chi connectivity index (χ4n) is 5.32. The van der Waals surface area contributed by atoms with Gasteiger partial charge >= 0.3 is 12.1 Å². The van der Waals surface area contributed by atoms with E-state index in [1.165, 1.54) is 19.2 Å². The summed E-state index contributed by atoms with van der Waals surface area (Å²) in [4.78, 5) is 27.0. The number of halogens is 4. The first-order valence-electron chi connectivity index (χ1n) is 12.6. The monoisotopic (exact) mass is 584 g/mol. The highest BCUT2D eigenvalue weighted by Crippen LogP contribution is 2.45. The summed E-state index contributed by atoms with van der Waals surface area (Å²) >= 11 is 6.01. The maximum absolute atomic E-state index is 14.2. The summed E-state index contributed by atoms with van der Waals surface area (Å²) in [7, 11) is 1.21. The number of non-ortho nitro benzene ring substituents is 1. The molecule has 4 aromatic rings. The lowest BCUT2D eigenvalue weighted by molar-refractivity contribution is -0.384. The Kier molecular flexibility index (Phi) is 7.39. The van der Waals surface area contributed by atoms with Crippen LogP contribution in [0, 0.1) is 10.1 Å². The lowest BCUT2D eigenvalue weighted by Gasteiger charge is -2.37. The number of piperazine rings is 1. The second-order valence-electron chi connectivity index (χ2n) is 9.61. The topological polar surface area (TPSA) is 91.9 Å². The first-order chi connectivity index (χ1) is 19.5. The first-order valence-corrected chi connectivity index (χ1v) is 13.0. The Bertz CT molecular complexity index is 1610. The van der Waals surface area contributed by atoms with Crippen molar-refractivity contribution in [2.45, 2.75) is 6.18 Å². The maximum atomic E-state index is 14.2. The molecular weight excluding hydrogens is 561 g/mol. The van der Waals surface area contributed by atoms with Crippen molar-refractivity contribution < 1.29 is 28.0 Å². The first kappa shape index (κ1) is 28.0. The number of carboxylic acids is 1. The van der Waals surface area contributed by atoms with Gasteiger partial charge in [-0.1, -0.05) is 35.9 Å². The van der Waals surface area contributed by atoms with Crippen LogP contribution in [-0.2, 0) is 13.2 Å². The van der Waals surface area contributed by atoms with Crippen molar-refractivity contribution in [1.82, 2.24) is 4.57 Å². The van der Waals surface area contributed by atoms with Crippen LogP contribution in [-0.4, -0.2) is 46.7 Å². The van der Waals surface area contributed by atoms with E-state index in [4.69, 9.17) is 11.6 Å². The lowest BCUT2D eigenvalue weighted by Crippen LogP contribution is -2.46. The van der Waals surface area contributed by atoms with Crippen LogP contribution in [0.4, 0.5) is 30.2 Å². The average molecular weight is 585 g/mol. The second kappa shape index (κ2) is 10.8. The van der Waals surface area contributed by atoms with E-state index in [-0.39, 0.29) is 16.9 Å². The highest BCUT2D eigenvalue weighted by atomic mass is 35.5. The fourth-order valence-corrected chi connectivity index (χ4v) is 5.44. The van der Waals surface area contributed by atoms with Gasteiger partial charge in [0, 0.05) is 67.3 Å². The number of aromatic carboxylic acids is 1. The van der Waals surface area contributed by atoms with Gasteiger partial charge in [0.15, 0.2) is 0 Å². The Morgan fingerprint density at radius 3 is 2.02 bits per heavy atom. The molecule has 1 aliphatic heterocycles. The third-order valence-corrected chi connectivity index (χ3v) is 7.45. The number of nitrogens with zero attached hydrogens (tertiary/aromatic N) is 4. The number of anilines is 2. The highest BCUT2D eigenvalue weighted by molar-refractivity contribution is 6.30. The standard InChI is InChI=1S/C29H24ClF3N4O4/c1-34-26(18-5-7-20(30)8-6-18)24(25(28(38)39)27(34)29(31,32)33)19-3-2-4-23(17-19)36-15-13-35(14-16-36)21-9-11-22(12-10-21)37(40)41/h2-12,17H,13-16H2,1H3,(H,38,39). The van der Waals surface area contributed by atoms with Gasteiger partial charge in [-0.15, -0.1) is 0 Å². The van der Waals surface area contributed by atoms with Gasteiger partial charge in [0.1, 0.15) is 5.69 Å². The maximum Gasteiger partial charge on any atom is 0.432 e. The molecule has 0 bridgehead atoms. The molecule has 0 aliphatic carbocycles. The number of hydrogen-bond acceptors (Lipinski definition) is 5. The third kappa shape index (κ3) is 5.45. The number of carboxylic acid groups (broad SMARTS) is 1. The number of hydrogen-bond donors (Lipinski definition) is 1. The van der Waals surface area contributed by atoms with Crippen LogP contribution in [0.15, 0.2) is 72.8 Å². The number of alkyl halides is 3. The normalized spacial score (nSPS) is 13.9. The Labute approximate surface area is 237 Å². The molecule has 5 rings (SSSR count). The van der Waals surface area contributed by atoms with Crippen LogP contribution in [0.2, 0.25) is 5.02 Å². The molecule has 0 radical (unpaired) electrons. The SMILES string of the molecule is Cn1c(-c2ccc(Cl)cc2)c(-c2cccc(N3CCN(c4ccc([N+](=O)[O-])cc4)CC3)c2)c(C(=O)O)c1C(F)(F)F. The smallest absolute Gasteiger partial charge is 0.432 e. The van der Waals surface area contributed by atoms with E-state index >= 15 is 0 Å². The molecule has 1 N–H and O–H groups in total. The van der Waals surface area contributed by atoms with E-state index in [9.17, 15) is 33.2 Å². The molecule has 2 heterocycles. The van der Waals surface area contributed by atoms with Gasteiger partial charge in [-0.2, -0.15) is 13.2 Å². The van der Waals surface area contributed by atoms with Crippen molar-refractivity contribution in [1.29, 1.82) is 0 Å². The average Bonchev–Trinajstić information content (AvgIpc) is 3.27.